The van der Waals surface area contributed by atoms with Crippen LogP contribution >= 0.6 is 11.3 Å². The van der Waals surface area contributed by atoms with Gasteiger partial charge < -0.3 is 10.6 Å². The van der Waals surface area contributed by atoms with Crippen LogP contribution in [-0.4, -0.2) is 31.6 Å². The Kier molecular flexibility index (Phi) is 4.93. The zero-order valence-electron chi connectivity index (χ0n) is 11.3. The highest BCUT2D eigenvalue weighted by atomic mass is 32.1. The van der Waals surface area contributed by atoms with Crippen LogP contribution in [0.3, 0.4) is 0 Å². The number of guanidine groups is 1. The summed E-state index contributed by atoms with van der Waals surface area (Å²) in [5.74, 6) is 0.817. The minimum absolute atomic E-state index is 0.142. The van der Waals surface area contributed by atoms with E-state index in [1.165, 1.54) is 10.7 Å². The lowest BCUT2D eigenvalue weighted by molar-refractivity contribution is 0.570. The van der Waals surface area contributed by atoms with Gasteiger partial charge in [0.1, 0.15) is 0 Å². The van der Waals surface area contributed by atoms with Crippen molar-refractivity contribution in [2.75, 3.05) is 20.6 Å². The fourth-order valence-corrected chi connectivity index (χ4v) is 2.36. The molecule has 0 aromatic carbocycles. The first kappa shape index (κ1) is 14.0. The SMILES string of the molecule is CN=C(NC)NCCc1nc(C(C)(C)C)cs1. The third-order valence-corrected chi connectivity index (χ3v) is 3.32. The number of hydrogen-bond donors (Lipinski definition) is 2. The summed E-state index contributed by atoms with van der Waals surface area (Å²) in [5, 5.41) is 9.54. The van der Waals surface area contributed by atoms with Crippen LogP contribution in [-0.2, 0) is 11.8 Å². The molecule has 1 rings (SSSR count). The molecule has 0 aliphatic heterocycles. The Labute approximate surface area is 108 Å². The predicted octanol–water partition coefficient (Wildman–Crippen LogP) is 1.78. The highest BCUT2D eigenvalue weighted by Gasteiger charge is 2.17. The predicted molar refractivity (Wildman–Crippen MR) is 74.9 cm³/mol. The van der Waals surface area contributed by atoms with Gasteiger partial charge in [0, 0.05) is 37.9 Å². The second-order valence-electron chi connectivity index (χ2n) is 4.88. The molecule has 0 bridgehead atoms. The Morgan fingerprint density at radius 1 is 1.47 bits per heavy atom. The molecule has 0 atom stereocenters. The average Bonchev–Trinajstić information content (AvgIpc) is 2.73. The Bertz CT molecular complexity index is 376. The van der Waals surface area contributed by atoms with Crippen LogP contribution in [0.1, 0.15) is 31.5 Å². The summed E-state index contributed by atoms with van der Waals surface area (Å²) in [6, 6.07) is 0. The maximum absolute atomic E-state index is 4.65. The van der Waals surface area contributed by atoms with Crippen molar-refractivity contribution < 1.29 is 0 Å². The zero-order valence-corrected chi connectivity index (χ0v) is 12.1. The van der Waals surface area contributed by atoms with Crippen molar-refractivity contribution in [1.29, 1.82) is 0 Å². The van der Waals surface area contributed by atoms with Crippen LogP contribution in [0, 0.1) is 0 Å². The number of nitrogens with one attached hydrogen (secondary N) is 2. The molecule has 1 heterocycles. The summed E-state index contributed by atoms with van der Waals surface area (Å²) in [5.41, 5.74) is 1.32. The first-order chi connectivity index (χ1) is 7.97. The highest BCUT2D eigenvalue weighted by Crippen LogP contribution is 2.23. The normalized spacial score (nSPS) is 12.6. The molecule has 1 aromatic rings. The summed E-state index contributed by atoms with van der Waals surface area (Å²) in [6.07, 6.45) is 0.932. The maximum Gasteiger partial charge on any atom is 0.190 e. The van der Waals surface area contributed by atoms with Gasteiger partial charge in [-0.05, 0) is 0 Å². The van der Waals surface area contributed by atoms with Gasteiger partial charge in [-0.15, -0.1) is 11.3 Å². The molecule has 17 heavy (non-hydrogen) atoms. The largest absolute Gasteiger partial charge is 0.359 e. The molecule has 0 fully saturated rings. The number of aromatic nitrogens is 1. The number of hydrogen-bond acceptors (Lipinski definition) is 3. The lowest BCUT2D eigenvalue weighted by Crippen LogP contribution is -2.35. The van der Waals surface area contributed by atoms with Gasteiger partial charge in [0.15, 0.2) is 5.96 Å². The van der Waals surface area contributed by atoms with E-state index in [-0.39, 0.29) is 5.41 Å². The summed E-state index contributed by atoms with van der Waals surface area (Å²) < 4.78 is 0. The third-order valence-electron chi connectivity index (χ3n) is 2.41. The van der Waals surface area contributed by atoms with Crippen LogP contribution in [0.4, 0.5) is 0 Å². The molecule has 0 aliphatic rings. The Morgan fingerprint density at radius 3 is 2.65 bits per heavy atom. The van der Waals surface area contributed by atoms with Gasteiger partial charge in [-0.3, -0.25) is 4.99 Å². The van der Waals surface area contributed by atoms with Gasteiger partial charge >= 0.3 is 0 Å². The van der Waals surface area contributed by atoms with Crippen LogP contribution in [0.15, 0.2) is 10.4 Å². The van der Waals surface area contributed by atoms with Gasteiger partial charge in [0.25, 0.3) is 0 Å². The fourth-order valence-electron chi connectivity index (χ4n) is 1.34. The minimum Gasteiger partial charge on any atom is -0.359 e. The van der Waals surface area contributed by atoms with Gasteiger partial charge in [-0.2, -0.15) is 0 Å². The van der Waals surface area contributed by atoms with Crippen LogP contribution < -0.4 is 10.6 Å². The lowest BCUT2D eigenvalue weighted by Gasteiger charge is -2.14. The summed E-state index contributed by atoms with van der Waals surface area (Å²) in [4.78, 5) is 8.71. The van der Waals surface area contributed by atoms with Gasteiger partial charge in [-0.25, -0.2) is 4.98 Å². The summed E-state index contributed by atoms with van der Waals surface area (Å²) >= 11 is 1.73. The van der Waals surface area contributed by atoms with Crippen molar-refractivity contribution in [3.05, 3.63) is 16.1 Å². The second kappa shape index (κ2) is 6.00. The first-order valence-corrected chi connectivity index (χ1v) is 6.68. The van der Waals surface area contributed by atoms with Gasteiger partial charge in [0.2, 0.25) is 0 Å². The average molecular weight is 254 g/mol. The maximum atomic E-state index is 4.65. The molecule has 4 nitrogen and oxygen atoms in total. The molecule has 0 aliphatic carbocycles. The highest BCUT2D eigenvalue weighted by molar-refractivity contribution is 7.09. The second-order valence-corrected chi connectivity index (χ2v) is 5.82. The first-order valence-electron chi connectivity index (χ1n) is 5.80. The topological polar surface area (TPSA) is 49.3 Å². The molecule has 0 unspecified atom stereocenters. The standard InChI is InChI=1S/C12H22N4S/c1-12(2,3)9-8-17-10(16-9)6-7-15-11(13-4)14-5/h8H,6-7H2,1-5H3,(H2,13,14,15). The van der Waals surface area contributed by atoms with E-state index < -0.39 is 0 Å². The smallest absolute Gasteiger partial charge is 0.190 e. The van der Waals surface area contributed by atoms with Crippen LogP contribution in [0.2, 0.25) is 0 Å². The molecule has 0 saturated carbocycles. The van der Waals surface area contributed by atoms with E-state index in [4.69, 9.17) is 0 Å². The van der Waals surface area contributed by atoms with Crippen molar-refractivity contribution in [3.8, 4) is 0 Å². The van der Waals surface area contributed by atoms with Crippen molar-refractivity contribution in [2.24, 2.45) is 4.99 Å². The summed E-state index contributed by atoms with van der Waals surface area (Å²) in [6.45, 7) is 7.41. The number of aliphatic imine (C=N–C) groups is 1. The number of rotatable bonds is 3. The van der Waals surface area contributed by atoms with Crippen LogP contribution in [0.25, 0.3) is 0 Å². The Balaban J connectivity index is 2.46. The van der Waals surface area contributed by atoms with E-state index >= 15 is 0 Å². The molecular formula is C12H22N4S. The molecule has 1 aromatic heterocycles. The lowest BCUT2D eigenvalue weighted by atomic mass is 9.93. The Hall–Kier alpha value is -1.10. The minimum atomic E-state index is 0.142. The van der Waals surface area contributed by atoms with Crippen molar-refractivity contribution >= 4 is 17.3 Å². The molecule has 5 heteroatoms. The molecule has 0 saturated heterocycles. The fraction of sp³-hybridized carbons (Fsp3) is 0.667. The molecular weight excluding hydrogens is 232 g/mol. The number of thiazole rings is 1. The van der Waals surface area contributed by atoms with Gasteiger partial charge in [-0.1, -0.05) is 20.8 Å². The van der Waals surface area contributed by atoms with Crippen molar-refractivity contribution in [3.63, 3.8) is 0 Å². The molecule has 0 spiro atoms. The quantitative estimate of drug-likeness (QED) is 0.638. The van der Waals surface area contributed by atoms with E-state index in [0.29, 0.717) is 0 Å². The molecule has 0 radical (unpaired) electrons. The van der Waals surface area contributed by atoms with Crippen molar-refractivity contribution in [2.45, 2.75) is 32.6 Å². The van der Waals surface area contributed by atoms with E-state index in [2.05, 4.69) is 46.8 Å². The monoisotopic (exact) mass is 254 g/mol. The zero-order chi connectivity index (χ0) is 12.9. The van der Waals surface area contributed by atoms with Gasteiger partial charge in [0.05, 0.1) is 10.7 Å². The van der Waals surface area contributed by atoms with E-state index in [1.807, 2.05) is 7.05 Å². The van der Waals surface area contributed by atoms with E-state index in [1.54, 1.807) is 18.4 Å². The van der Waals surface area contributed by atoms with E-state index in [9.17, 15) is 0 Å². The number of nitrogens with zero attached hydrogens (tertiary/aromatic N) is 2. The third kappa shape index (κ3) is 4.34. The molecule has 0 amide bonds. The van der Waals surface area contributed by atoms with Crippen molar-refractivity contribution in [1.82, 2.24) is 15.6 Å². The summed E-state index contributed by atoms with van der Waals surface area (Å²) in [7, 11) is 3.62. The van der Waals surface area contributed by atoms with Crippen LogP contribution in [0.5, 0.6) is 0 Å². The molecule has 2 N–H and O–H groups in total. The molecule has 96 valence electrons. The van der Waals surface area contributed by atoms with E-state index in [0.717, 1.165) is 18.9 Å². The Morgan fingerprint density at radius 2 is 2.18 bits per heavy atom.